The number of nitrogens with zero attached hydrogens (tertiary/aromatic N) is 2. The molecule has 3 aliphatic rings. The molecule has 4 rings (SSSR count). The van der Waals surface area contributed by atoms with Crippen LogP contribution in [0.25, 0.3) is 0 Å². The van der Waals surface area contributed by atoms with Crippen LogP contribution in [0.2, 0.25) is 0 Å². The molecule has 1 N–H and O–H groups in total. The SMILES string of the molecule is Cl.O=C(CCC(=O)N1CCc2sccc2C1)N1CCC2(CCNC2)CC1. The average Bonchev–Trinajstić information content (AvgIpc) is 3.29. The molecule has 144 valence electrons. The minimum absolute atomic E-state index is 0. The third-order valence-corrected chi connectivity index (χ3v) is 7.25. The molecule has 0 aliphatic carbocycles. The first-order valence-electron chi connectivity index (χ1n) is 9.47. The van der Waals surface area contributed by atoms with Crippen molar-refractivity contribution in [1.29, 1.82) is 0 Å². The summed E-state index contributed by atoms with van der Waals surface area (Å²) in [4.78, 5) is 30.3. The minimum Gasteiger partial charge on any atom is -0.343 e. The number of amides is 2. The van der Waals surface area contributed by atoms with E-state index in [1.165, 1.54) is 16.9 Å². The molecular weight excluding hydrogens is 370 g/mol. The van der Waals surface area contributed by atoms with E-state index in [9.17, 15) is 9.59 Å². The molecule has 7 heteroatoms. The van der Waals surface area contributed by atoms with Crippen LogP contribution >= 0.6 is 23.7 Å². The van der Waals surface area contributed by atoms with Crippen LogP contribution in [0.4, 0.5) is 0 Å². The second-order valence-corrected chi connectivity index (χ2v) is 8.74. The predicted molar refractivity (Wildman–Crippen MR) is 106 cm³/mol. The highest BCUT2D eigenvalue weighted by atomic mass is 35.5. The Labute approximate surface area is 165 Å². The zero-order valence-corrected chi connectivity index (χ0v) is 16.8. The Morgan fingerprint density at radius 1 is 1.08 bits per heavy atom. The third kappa shape index (κ3) is 4.07. The highest BCUT2D eigenvalue weighted by Gasteiger charge is 2.38. The first-order chi connectivity index (χ1) is 12.2. The molecule has 1 aromatic heterocycles. The van der Waals surface area contributed by atoms with Crippen molar-refractivity contribution < 1.29 is 9.59 Å². The highest BCUT2D eigenvalue weighted by molar-refractivity contribution is 7.10. The third-order valence-electron chi connectivity index (χ3n) is 6.22. The molecule has 3 aliphatic heterocycles. The molecule has 2 amide bonds. The number of hydrogen-bond donors (Lipinski definition) is 1. The van der Waals surface area contributed by atoms with E-state index < -0.39 is 0 Å². The number of piperidine rings is 1. The summed E-state index contributed by atoms with van der Waals surface area (Å²) in [6, 6.07) is 2.12. The van der Waals surface area contributed by atoms with Crippen LogP contribution in [0.15, 0.2) is 11.4 Å². The Morgan fingerprint density at radius 2 is 1.81 bits per heavy atom. The van der Waals surface area contributed by atoms with Crippen LogP contribution in [-0.4, -0.2) is 54.3 Å². The van der Waals surface area contributed by atoms with Gasteiger partial charge in [0, 0.05) is 50.4 Å². The van der Waals surface area contributed by atoms with Gasteiger partial charge in [0.25, 0.3) is 0 Å². The average molecular weight is 398 g/mol. The summed E-state index contributed by atoms with van der Waals surface area (Å²) in [7, 11) is 0. The van der Waals surface area contributed by atoms with E-state index in [-0.39, 0.29) is 24.2 Å². The number of carbonyl (C=O) groups is 2. The van der Waals surface area contributed by atoms with Crippen molar-refractivity contribution in [3.8, 4) is 0 Å². The van der Waals surface area contributed by atoms with Gasteiger partial charge in [0.15, 0.2) is 0 Å². The number of fused-ring (bicyclic) bond motifs is 1. The van der Waals surface area contributed by atoms with Crippen molar-refractivity contribution in [3.63, 3.8) is 0 Å². The van der Waals surface area contributed by atoms with Gasteiger partial charge in [-0.05, 0) is 54.7 Å². The van der Waals surface area contributed by atoms with Gasteiger partial charge >= 0.3 is 0 Å². The van der Waals surface area contributed by atoms with Gasteiger partial charge in [-0.25, -0.2) is 0 Å². The summed E-state index contributed by atoms with van der Waals surface area (Å²) in [5.41, 5.74) is 1.71. The zero-order chi connectivity index (χ0) is 17.3. The summed E-state index contributed by atoms with van der Waals surface area (Å²) < 4.78 is 0. The van der Waals surface area contributed by atoms with E-state index in [0.717, 1.165) is 52.0 Å². The van der Waals surface area contributed by atoms with Gasteiger partial charge < -0.3 is 15.1 Å². The lowest BCUT2D eigenvalue weighted by Crippen LogP contribution is -2.44. The first-order valence-corrected chi connectivity index (χ1v) is 10.3. The number of rotatable bonds is 3. The maximum atomic E-state index is 12.5. The largest absolute Gasteiger partial charge is 0.343 e. The lowest BCUT2D eigenvalue weighted by atomic mass is 9.78. The quantitative estimate of drug-likeness (QED) is 0.852. The van der Waals surface area contributed by atoms with E-state index in [4.69, 9.17) is 0 Å². The van der Waals surface area contributed by atoms with Crippen molar-refractivity contribution >= 4 is 35.6 Å². The lowest BCUT2D eigenvalue weighted by Gasteiger charge is -2.39. The lowest BCUT2D eigenvalue weighted by molar-refractivity contribution is -0.138. The molecule has 5 nitrogen and oxygen atoms in total. The Kier molecular flexibility index (Phi) is 6.25. The van der Waals surface area contributed by atoms with Crippen molar-refractivity contribution in [1.82, 2.24) is 15.1 Å². The summed E-state index contributed by atoms with van der Waals surface area (Å²) in [5, 5.41) is 5.56. The van der Waals surface area contributed by atoms with Crippen molar-refractivity contribution in [2.24, 2.45) is 5.41 Å². The van der Waals surface area contributed by atoms with Crippen molar-refractivity contribution in [3.05, 3.63) is 21.9 Å². The normalized spacial score (nSPS) is 21.4. The number of thiophene rings is 1. The fourth-order valence-electron chi connectivity index (χ4n) is 4.44. The van der Waals surface area contributed by atoms with Crippen LogP contribution < -0.4 is 5.32 Å². The van der Waals surface area contributed by atoms with E-state index >= 15 is 0 Å². The molecule has 1 spiro atoms. The van der Waals surface area contributed by atoms with Gasteiger partial charge in [0.1, 0.15) is 0 Å². The Bertz CT molecular complexity index is 647. The molecule has 1 aromatic rings. The molecule has 26 heavy (non-hydrogen) atoms. The Morgan fingerprint density at radius 3 is 2.50 bits per heavy atom. The second kappa shape index (κ2) is 8.28. The summed E-state index contributed by atoms with van der Waals surface area (Å²) in [6.07, 6.45) is 5.11. The molecule has 4 heterocycles. The molecule has 0 aromatic carbocycles. The summed E-state index contributed by atoms with van der Waals surface area (Å²) in [5.74, 6) is 0.279. The van der Waals surface area contributed by atoms with Gasteiger partial charge in [0.05, 0.1) is 0 Å². The van der Waals surface area contributed by atoms with Gasteiger partial charge in [-0.1, -0.05) is 0 Å². The van der Waals surface area contributed by atoms with Crippen molar-refractivity contribution in [2.75, 3.05) is 32.7 Å². The van der Waals surface area contributed by atoms with Crippen LogP contribution in [0.1, 0.15) is 42.5 Å². The van der Waals surface area contributed by atoms with Gasteiger partial charge in [-0.3, -0.25) is 9.59 Å². The Balaban J connectivity index is 0.00000196. The highest BCUT2D eigenvalue weighted by Crippen LogP contribution is 2.37. The fraction of sp³-hybridized carbons (Fsp3) is 0.684. The van der Waals surface area contributed by atoms with Crippen LogP contribution in [-0.2, 0) is 22.6 Å². The van der Waals surface area contributed by atoms with Crippen LogP contribution in [0, 0.1) is 5.41 Å². The van der Waals surface area contributed by atoms with Crippen molar-refractivity contribution in [2.45, 2.75) is 45.1 Å². The zero-order valence-electron chi connectivity index (χ0n) is 15.2. The number of likely N-dealkylation sites (tertiary alicyclic amines) is 1. The molecule has 0 bridgehead atoms. The summed E-state index contributed by atoms with van der Waals surface area (Å²) >= 11 is 1.78. The van der Waals surface area contributed by atoms with Gasteiger partial charge in [-0.15, -0.1) is 23.7 Å². The molecule has 2 fully saturated rings. The maximum absolute atomic E-state index is 12.5. The molecule has 0 atom stereocenters. The number of carbonyl (C=O) groups excluding carboxylic acids is 2. The van der Waals surface area contributed by atoms with Crippen LogP contribution in [0.3, 0.4) is 0 Å². The van der Waals surface area contributed by atoms with E-state index in [2.05, 4.69) is 16.8 Å². The number of halogens is 1. The predicted octanol–water partition coefficient (Wildman–Crippen LogP) is 2.44. The van der Waals surface area contributed by atoms with E-state index in [1.807, 2.05) is 9.80 Å². The van der Waals surface area contributed by atoms with E-state index in [0.29, 0.717) is 24.8 Å². The molecule has 0 unspecified atom stereocenters. The van der Waals surface area contributed by atoms with Gasteiger partial charge in [0.2, 0.25) is 11.8 Å². The van der Waals surface area contributed by atoms with Crippen LogP contribution in [0.5, 0.6) is 0 Å². The Hall–Kier alpha value is -1.11. The topological polar surface area (TPSA) is 52.7 Å². The second-order valence-electron chi connectivity index (χ2n) is 7.74. The fourth-order valence-corrected chi connectivity index (χ4v) is 5.33. The molecule has 0 radical (unpaired) electrons. The molecular formula is C19H28ClN3O2S. The number of hydrogen-bond acceptors (Lipinski definition) is 4. The smallest absolute Gasteiger partial charge is 0.223 e. The maximum Gasteiger partial charge on any atom is 0.223 e. The standard InChI is InChI=1S/C19H27N3O2S.ClH/c23-17(21-10-6-19(7-11-21)5-8-20-14-19)1-2-18(24)22-9-3-16-15(13-22)4-12-25-16;/h4,12,20H,1-3,5-11,13-14H2;1H. The molecule has 2 saturated heterocycles. The summed E-state index contributed by atoms with van der Waals surface area (Å²) in [6.45, 7) is 5.44. The minimum atomic E-state index is 0. The first kappa shape index (κ1) is 19.6. The van der Waals surface area contributed by atoms with Gasteiger partial charge in [-0.2, -0.15) is 0 Å². The monoisotopic (exact) mass is 397 g/mol. The molecule has 0 saturated carbocycles. The number of nitrogens with one attached hydrogen (secondary N) is 1. The van der Waals surface area contributed by atoms with E-state index in [1.54, 1.807) is 11.3 Å².